The van der Waals surface area contributed by atoms with Gasteiger partial charge < -0.3 is 0 Å². The summed E-state index contributed by atoms with van der Waals surface area (Å²) in [6, 6.07) is 25.9. The van der Waals surface area contributed by atoms with Gasteiger partial charge in [0, 0.05) is 0 Å². The van der Waals surface area contributed by atoms with Crippen LogP contribution in [0.15, 0.2) is 72.8 Å². The van der Waals surface area contributed by atoms with E-state index in [2.05, 4.69) is 100 Å². The van der Waals surface area contributed by atoms with E-state index in [0.717, 1.165) is 6.16 Å². The standard InChI is InChI=1S/C23H26ClP/c1-5-25(24,21-15-9-6-12-18(21)2,22-16-10-7-13-19(22)3)23-17-11-8-14-20(23)4/h6-17H,5H2,1-4H3. The molecule has 0 radical (unpaired) electrons. The fraction of sp³-hybridized carbons (Fsp3) is 0.217. The van der Waals surface area contributed by atoms with Crippen molar-refractivity contribution in [1.82, 2.24) is 0 Å². The van der Waals surface area contributed by atoms with Gasteiger partial charge in [0.05, 0.1) is 0 Å². The van der Waals surface area contributed by atoms with Crippen LogP contribution in [0.4, 0.5) is 0 Å². The normalized spacial score (nSPS) is 13.2. The molecule has 0 saturated heterocycles. The second-order valence-corrected chi connectivity index (χ2v) is 13.5. The van der Waals surface area contributed by atoms with E-state index in [1.807, 2.05) is 0 Å². The minimum absolute atomic E-state index is 0.897. The quantitative estimate of drug-likeness (QED) is 0.525. The van der Waals surface area contributed by atoms with Crippen LogP contribution < -0.4 is 15.9 Å². The molecule has 0 spiro atoms. The van der Waals surface area contributed by atoms with Crippen molar-refractivity contribution < 1.29 is 0 Å². The summed E-state index contributed by atoms with van der Waals surface area (Å²) in [6.45, 7) is 8.80. The summed E-state index contributed by atoms with van der Waals surface area (Å²) < 4.78 is 0. The minimum atomic E-state index is -3.07. The number of halogens is 1. The third-order valence-corrected chi connectivity index (χ3v) is 13.5. The van der Waals surface area contributed by atoms with Gasteiger partial charge in [0.15, 0.2) is 0 Å². The van der Waals surface area contributed by atoms with E-state index < -0.39 is 5.96 Å². The second kappa shape index (κ2) is 6.60. The number of aryl methyl sites for hydroxylation is 3. The molecule has 0 saturated carbocycles. The first kappa shape index (κ1) is 18.2. The second-order valence-electron chi connectivity index (χ2n) is 6.86. The molecule has 130 valence electrons. The Morgan fingerprint density at radius 2 is 0.880 bits per heavy atom. The summed E-state index contributed by atoms with van der Waals surface area (Å²) in [5.74, 6) is -3.07. The zero-order valence-electron chi connectivity index (χ0n) is 15.5. The van der Waals surface area contributed by atoms with E-state index in [1.165, 1.54) is 32.6 Å². The molecule has 0 N–H and O–H groups in total. The summed E-state index contributed by atoms with van der Waals surface area (Å²) >= 11 is 8.00. The van der Waals surface area contributed by atoms with E-state index in [4.69, 9.17) is 11.2 Å². The molecule has 0 amide bonds. The van der Waals surface area contributed by atoms with Crippen LogP contribution in [0, 0.1) is 20.8 Å². The molecule has 0 aromatic heterocycles. The molecule has 2 heteroatoms. The Balaban J connectivity index is 2.55. The Kier molecular flexibility index (Phi) is 4.80. The Hall–Kier alpha value is -1.62. The molecular weight excluding hydrogens is 343 g/mol. The van der Waals surface area contributed by atoms with E-state index >= 15 is 0 Å². The molecule has 0 heterocycles. The van der Waals surface area contributed by atoms with Gasteiger partial charge in [-0.3, -0.25) is 0 Å². The first-order chi connectivity index (χ1) is 11.9. The van der Waals surface area contributed by atoms with Gasteiger partial charge in [0.2, 0.25) is 0 Å². The topological polar surface area (TPSA) is 0 Å². The van der Waals surface area contributed by atoms with Crippen molar-refractivity contribution in [2.75, 3.05) is 6.16 Å². The first-order valence-corrected chi connectivity index (χ1v) is 12.2. The average Bonchev–Trinajstić information content (AvgIpc) is 2.62. The molecule has 0 aliphatic rings. The van der Waals surface area contributed by atoms with Crippen molar-refractivity contribution in [2.24, 2.45) is 0 Å². The van der Waals surface area contributed by atoms with Crippen LogP contribution in [-0.4, -0.2) is 6.16 Å². The van der Waals surface area contributed by atoms with Gasteiger partial charge in [-0.1, -0.05) is 0 Å². The summed E-state index contributed by atoms with van der Waals surface area (Å²) in [7, 11) is 0. The summed E-state index contributed by atoms with van der Waals surface area (Å²) in [4.78, 5) is 0. The van der Waals surface area contributed by atoms with Gasteiger partial charge in [-0.05, 0) is 0 Å². The fourth-order valence-electron chi connectivity index (χ4n) is 4.16. The zero-order chi connectivity index (χ0) is 18.1. The molecule has 3 rings (SSSR count). The van der Waals surface area contributed by atoms with E-state index in [9.17, 15) is 0 Å². The van der Waals surface area contributed by atoms with Crippen LogP contribution in [0.5, 0.6) is 0 Å². The van der Waals surface area contributed by atoms with Crippen LogP contribution in [-0.2, 0) is 0 Å². The van der Waals surface area contributed by atoms with E-state index in [0.29, 0.717) is 0 Å². The Labute approximate surface area is 156 Å². The average molecular weight is 369 g/mol. The molecule has 3 aromatic rings. The van der Waals surface area contributed by atoms with Crippen molar-refractivity contribution >= 4 is 33.1 Å². The monoisotopic (exact) mass is 368 g/mol. The third kappa shape index (κ3) is 2.64. The van der Waals surface area contributed by atoms with Crippen molar-refractivity contribution in [3.63, 3.8) is 0 Å². The van der Waals surface area contributed by atoms with Gasteiger partial charge in [-0.25, -0.2) is 0 Å². The maximum atomic E-state index is 8.00. The van der Waals surface area contributed by atoms with Crippen molar-refractivity contribution in [3.05, 3.63) is 89.5 Å². The van der Waals surface area contributed by atoms with Crippen LogP contribution in [0.2, 0.25) is 0 Å². The Bertz CT molecular complexity index is 800. The number of hydrogen-bond acceptors (Lipinski definition) is 0. The fourth-order valence-corrected chi connectivity index (χ4v) is 11.3. The predicted octanol–water partition coefficient (Wildman–Crippen LogP) is 5.62. The van der Waals surface area contributed by atoms with Crippen LogP contribution >= 0.6 is 17.2 Å². The van der Waals surface area contributed by atoms with Crippen molar-refractivity contribution in [2.45, 2.75) is 27.7 Å². The molecule has 0 aliphatic carbocycles. The van der Waals surface area contributed by atoms with Gasteiger partial charge in [-0.15, -0.1) is 0 Å². The SMILES string of the molecule is CCP(Cl)(c1ccccc1C)(c1ccccc1C)c1ccccc1C. The third-order valence-electron chi connectivity index (χ3n) is 5.45. The summed E-state index contributed by atoms with van der Waals surface area (Å²) in [5.41, 5.74) is 3.80. The molecule has 3 aromatic carbocycles. The van der Waals surface area contributed by atoms with Gasteiger partial charge in [-0.2, -0.15) is 0 Å². The van der Waals surface area contributed by atoms with Gasteiger partial charge >= 0.3 is 156 Å². The summed E-state index contributed by atoms with van der Waals surface area (Å²) in [6.07, 6.45) is 0.897. The van der Waals surface area contributed by atoms with E-state index in [-0.39, 0.29) is 0 Å². The zero-order valence-corrected chi connectivity index (χ0v) is 17.1. The van der Waals surface area contributed by atoms with Gasteiger partial charge in [0.1, 0.15) is 0 Å². The molecule has 0 unspecified atom stereocenters. The van der Waals surface area contributed by atoms with Crippen molar-refractivity contribution in [3.8, 4) is 0 Å². The number of benzene rings is 3. The molecule has 0 nitrogen and oxygen atoms in total. The van der Waals surface area contributed by atoms with Crippen LogP contribution in [0.25, 0.3) is 0 Å². The maximum absolute atomic E-state index is 8.00. The van der Waals surface area contributed by atoms with Crippen LogP contribution in [0.3, 0.4) is 0 Å². The predicted molar refractivity (Wildman–Crippen MR) is 116 cm³/mol. The Morgan fingerprint density at radius 1 is 0.600 bits per heavy atom. The molecule has 0 fully saturated rings. The number of rotatable bonds is 4. The molecular formula is C23H26ClP. The van der Waals surface area contributed by atoms with Crippen molar-refractivity contribution in [1.29, 1.82) is 0 Å². The van der Waals surface area contributed by atoms with Gasteiger partial charge in [0.25, 0.3) is 0 Å². The number of hydrogen-bond donors (Lipinski definition) is 0. The van der Waals surface area contributed by atoms with Crippen LogP contribution in [0.1, 0.15) is 23.6 Å². The molecule has 0 atom stereocenters. The molecule has 0 aliphatic heterocycles. The van der Waals surface area contributed by atoms with E-state index in [1.54, 1.807) is 0 Å². The summed E-state index contributed by atoms with van der Waals surface area (Å²) in [5, 5.41) is 3.88. The Morgan fingerprint density at radius 3 is 1.12 bits per heavy atom. The first-order valence-electron chi connectivity index (χ1n) is 8.85. The molecule has 0 bridgehead atoms. The molecule has 25 heavy (non-hydrogen) atoms.